The molecule has 0 saturated carbocycles. The van der Waals surface area contributed by atoms with Crippen molar-refractivity contribution in [1.29, 1.82) is 5.26 Å². The second kappa shape index (κ2) is 10.8. The molecule has 0 fully saturated rings. The van der Waals surface area contributed by atoms with Crippen LogP contribution < -0.4 is 16.4 Å². The number of benzene rings is 2. The highest BCUT2D eigenvalue weighted by atomic mass is 19.4. The lowest BCUT2D eigenvalue weighted by Gasteiger charge is -2.13. The molecule has 1 aromatic heterocycles. The zero-order valence-electron chi connectivity index (χ0n) is 19.0. The predicted octanol–water partition coefficient (Wildman–Crippen LogP) is 7.37. The number of alkyl halides is 3. The number of anilines is 4. The molecule has 2 aromatic carbocycles. The molecule has 0 bridgehead atoms. The van der Waals surface area contributed by atoms with Gasteiger partial charge in [0.15, 0.2) is 11.6 Å². The number of nitrogens with two attached hydrogens (primary N) is 1. The van der Waals surface area contributed by atoms with E-state index in [2.05, 4.69) is 32.8 Å². The molecule has 0 atom stereocenters. The van der Waals surface area contributed by atoms with Crippen molar-refractivity contribution in [2.75, 3.05) is 22.9 Å². The molecule has 35 heavy (non-hydrogen) atoms. The number of pyridine rings is 1. The van der Waals surface area contributed by atoms with Gasteiger partial charge < -0.3 is 16.4 Å². The van der Waals surface area contributed by atoms with Crippen LogP contribution in [0.4, 0.5) is 51.9 Å². The van der Waals surface area contributed by atoms with Gasteiger partial charge in [-0.2, -0.15) is 18.4 Å². The first kappa shape index (κ1) is 25.4. The molecule has 182 valence electrons. The van der Waals surface area contributed by atoms with Crippen LogP contribution in [0.5, 0.6) is 0 Å². The molecule has 0 unspecified atom stereocenters. The van der Waals surface area contributed by atoms with E-state index in [1.165, 1.54) is 6.92 Å². The van der Waals surface area contributed by atoms with Gasteiger partial charge in [0.2, 0.25) is 0 Å². The first-order chi connectivity index (χ1) is 16.6. The number of aromatic nitrogens is 1. The van der Waals surface area contributed by atoms with Crippen molar-refractivity contribution in [2.45, 2.75) is 32.9 Å². The fourth-order valence-corrected chi connectivity index (χ4v) is 3.21. The first-order valence-corrected chi connectivity index (χ1v) is 10.7. The Bertz CT molecular complexity index is 1260. The maximum atomic E-state index is 13.3. The minimum atomic E-state index is -4.83. The van der Waals surface area contributed by atoms with Crippen molar-refractivity contribution < 1.29 is 17.6 Å². The molecule has 3 aromatic rings. The zero-order chi connectivity index (χ0) is 25.6. The SMILES string of the molecule is CCCCNc1ccc(Nc2nc(N)c(N=Nc3ccc(F)cc3C(F)(F)F)c(C)c2C#N)cc1. The summed E-state index contributed by atoms with van der Waals surface area (Å²) in [5.41, 5.74) is 6.06. The highest BCUT2D eigenvalue weighted by molar-refractivity contribution is 5.75. The van der Waals surface area contributed by atoms with Crippen LogP contribution in [0, 0.1) is 24.1 Å². The number of hydrogen-bond acceptors (Lipinski definition) is 7. The lowest BCUT2D eigenvalue weighted by atomic mass is 10.1. The summed E-state index contributed by atoms with van der Waals surface area (Å²) in [5.74, 6) is -1.02. The molecule has 0 aliphatic heterocycles. The molecule has 1 heterocycles. The molecular weight excluding hydrogens is 462 g/mol. The number of hydrogen-bond donors (Lipinski definition) is 3. The van der Waals surface area contributed by atoms with Crippen molar-refractivity contribution in [1.82, 2.24) is 4.98 Å². The fraction of sp³-hybridized carbons (Fsp3) is 0.250. The summed E-state index contributed by atoms with van der Waals surface area (Å²) in [4.78, 5) is 4.17. The standard InChI is InChI=1S/C24H23F4N7/c1-3-4-11-31-16-6-8-17(9-7-16)32-23-18(13-29)14(2)21(22(30)33-23)35-34-20-10-5-15(25)12-19(20)24(26,27)28/h5-10,12,31H,3-4,11H2,1-2H3,(H3,30,32,33). The number of azo groups is 1. The summed E-state index contributed by atoms with van der Waals surface area (Å²) in [7, 11) is 0. The van der Waals surface area contributed by atoms with E-state index in [9.17, 15) is 22.8 Å². The van der Waals surface area contributed by atoms with E-state index in [0.29, 0.717) is 11.8 Å². The second-order valence-corrected chi connectivity index (χ2v) is 7.65. The molecule has 0 saturated heterocycles. The third kappa shape index (κ3) is 6.23. The third-order valence-electron chi connectivity index (χ3n) is 5.08. The molecule has 11 heteroatoms. The van der Waals surface area contributed by atoms with Gasteiger partial charge in [0, 0.05) is 23.5 Å². The number of nitriles is 1. The Labute approximate surface area is 199 Å². The summed E-state index contributed by atoms with van der Waals surface area (Å²) < 4.78 is 53.0. The third-order valence-corrected chi connectivity index (χ3v) is 5.08. The van der Waals surface area contributed by atoms with Gasteiger partial charge in [-0.25, -0.2) is 9.37 Å². The number of unbranched alkanes of at least 4 members (excludes halogenated alkanes) is 1. The highest BCUT2D eigenvalue weighted by Crippen LogP contribution is 2.39. The number of nitrogens with one attached hydrogen (secondary N) is 2. The molecule has 0 amide bonds. The molecule has 4 N–H and O–H groups in total. The Morgan fingerprint density at radius 2 is 1.77 bits per heavy atom. The summed E-state index contributed by atoms with van der Waals surface area (Å²) >= 11 is 0. The summed E-state index contributed by atoms with van der Waals surface area (Å²) in [5, 5.41) is 23.4. The van der Waals surface area contributed by atoms with Crippen molar-refractivity contribution in [2.24, 2.45) is 10.2 Å². The van der Waals surface area contributed by atoms with Crippen molar-refractivity contribution in [3.63, 3.8) is 0 Å². The number of rotatable bonds is 8. The molecule has 3 rings (SSSR count). The zero-order valence-corrected chi connectivity index (χ0v) is 19.0. The van der Waals surface area contributed by atoms with Crippen molar-refractivity contribution >= 4 is 34.4 Å². The molecule has 0 aliphatic carbocycles. The highest BCUT2D eigenvalue weighted by Gasteiger charge is 2.34. The lowest BCUT2D eigenvalue weighted by Crippen LogP contribution is -2.05. The lowest BCUT2D eigenvalue weighted by molar-refractivity contribution is -0.137. The van der Waals surface area contributed by atoms with Crippen molar-refractivity contribution in [3.8, 4) is 6.07 Å². The molecule has 0 spiro atoms. The quantitative estimate of drug-likeness (QED) is 0.175. The number of nitrogen functional groups attached to an aromatic ring is 1. The van der Waals surface area contributed by atoms with Gasteiger partial charge >= 0.3 is 6.18 Å². The molecule has 0 aliphatic rings. The average molecular weight is 485 g/mol. The van der Waals surface area contributed by atoms with Crippen LogP contribution >= 0.6 is 0 Å². The largest absolute Gasteiger partial charge is 0.418 e. The smallest absolute Gasteiger partial charge is 0.385 e. The topological polar surface area (TPSA) is 111 Å². The van der Waals surface area contributed by atoms with Gasteiger partial charge in [-0.15, -0.1) is 10.2 Å². The molecular formula is C24H23F4N7. The van der Waals surface area contributed by atoms with Crippen LogP contribution in [0.2, 0.25) is 0 Å². The molecule has 0 radical (unpaired) electrons. The minimum absolute atomic E-state index is 0.0555. The maximum Gasteiger partial charge on any atom is 0.418 e. The van der Waals surface area contributed by atoms with Crippen LogP contribution in [-0.2, 0) is 6.18 Å². The van der Waals surface area contributed by atoms with Gasteiger partial charge in [0.05, 0.1) is 16.8 Å². The van der Waals surface area contributed by atoms with E-state index in [1.807, 2.05) is 30.3 Å². The van der Waals surface area contributed by atoms with Crippen LogP contribution in [0.25, 0.3) is 0 Å². The summed E-state index contributed by atoms with van der Waals surface area (Å²) in [6.45, 7) is 4.50. The number of halogens is 4. The summed E-state index contributed by atoms with van der Waals surface area (Å²) in [6, 6.07) is 11.4. The predicted molar refractivity (Wildman–Crippen MR) is 127 cm³/mol. The van der Waals surface area contributed by atoms with Gasteiger partial charge in [-0.3, -0.25) is 0 Å². The van der Waals surface area contributed by atoms with E-state index in [4.69, 9.17) is 5.73 Å². The van der Waals surface area contributed by atoms with E-state index < -0.39 is 23.2 Å². The monoisotopic (exact) mass is 485 g/mol. The molecule has 7 nitrogen and oxygen atoms in total. The first-order valence-electron chi connectivity index (χ1n) is 10.7. The Morgan fingerprint density at radius 3 is 2.40 bits per heavy atom. The maximum absolute atomic E-state index is 13.3. The Hall–Kier alpha value is -4.20. The van der Waals surface area contributed by atoms with Gasteiger partial charge in [0.1, 0.15) is 17.6 Å². The Morgan fingerprint density at radius 1 is 1.09 bits per heavy atom. The van der Waals surface area contributed by atoms with Gasteiger partial charge in [0.25, 0.3) is 0 Å². The van der Waals surface area contributed by atoms with Gasteiger partial charge in [-0.05, 0) is 55.8 Å². The van der Waals surface area contributed by atoms with Crippen LogP contribution in [0.3, 0.4) is 0 Å². The normalized spacial score (nSPS) is 11.5. The van der Waals surface area contributed by atoms with E-state index >= 15 is 0 Å². The van der Waals surface area contributed by atoms with E-state index in [1.54, 1.807) is 0 Å². The van der Waals surface area contributed by atoms with E-state index in [0.717, 1.165) is 37.2 Å². The fourth-order valence-electron chi connectivity index (χ4n) is 3.21. The van der Waals surface area contributed by atoms with Crippen LogP contribution in [-0.4, -0.2) is 11.5 Å². The second-order valence-electron chi connectivity index (χ2n) is 7.65. The van der Waals surface area contributed by atoms with Crippen molar-refractivity contribution in [3.05, 3.63) is 65.0 Å². The Kier molecular flexibility index (Phi) is 7.86. The van der Waals surface area contributed by atoms with Crippen LogP contribution in [0.1, 0.15) is 36.5 Å². The average Bonchev–Trinajstić information content (AvgIpc) is 2.80. The Balaban J connectivity index is 1.89. The van der Waals surface area contributed by atoms with E-state index in [-0.39, 0.29) is 28.5 Å². The summed E-state index contributed by atoms with van der Waals surface area (Å²) in [6.07, 6.45) is -2.70. The van der Waals surface area contributed by atoms with Gasteiger partial charge in [-0.1, -0.05) is 13.3 Å². The minimum Gasteiger partial charge on any atom is -0.385 e. The van der Waals surface area contributed by atoms with Crippen LogP contribution in [0.15, 0.2) is 52.7 Å². The number of nitrogens with zero attached hydrogens (tertiary/aromatic N) is 4.